The third-order valence-corrected chi connectivity index (χ3v) is 4.19. The number of hydrogen-bond donors (Lipinski definition) is 2. The molecule has 0 aliphatic heterocycles. The Hall–Kier alpha value is -0.880. The number of halogens is 1. The molecule has 2 rings (SSSR count). The molecule has 1 aliphatic rings. The topological polar surface area (TPSA) is 75.3 Å². The highest BCUT2D eigenvalue weighted by Crippen LogP contribution is 2.32. The van der Waals surface area contributed by atoms with E-state index < -0.39 is 0 Å². The fourth-order valence-electron chi connectivity index (χ4n) is 2.54. The molecule has 0 unspecified atom stereocenters. The van der Waals surface area contributed by atoms with Gasteiger partial charge in [0.15, 0.2) is 0 Å². The minimum absolute atomic E-state index is 0.118. The van der Waals surface area contributed by atoms with E-state index in [0.29, 0.717) is 18.4 Å². The quantitative estimate of drug-likeness (QED) is 0.888. The lowest BCUT2D eigenvalue weighted by Crippen LogP contribution is -2.39. The van der Waals surface area contributed by atoms with Crippen LogP contribution in [0.15, 0.2) is 10.8 Å². The van der Waals surface area contributed by atoms with Crippen molar-refractivity contribution in [2.24, 2.45) is 0 Å². The summed E-state index contributed by atoms with van der Waals surface area (Å²) in [5.74, 6) is 1.24. The van der Waals surface area contributed by atoms with Crippen LogP contribution in [0, 0.1) is 0 Å². The number of aliphatic hydroxyl groups excluding tert-OH is 1. The molecule has 0 aromatic carbocycles. The molecular formula is C12H19BrN4O. The van der Waals surface area contributed by atoms with E-state index in [-0.39, 0.29) is 6.61 Å². The van der Waals surface area contributed by atoms with Gasteiger partial charge in [0.25, 0.3) is 0 Å². The first-order valence-electron chi connectivity index (χ1n) is 6.37. The van der Waals surface area contributed by atoms with Gasteiger partial charge in [-0.2, -0.15) is 0 Å². The van der Waals surface area contributed by atoms with Gasteiger partial charge in [0.05, 0.1) is 6.61 Å². The first-order valence-corrected chi connectivity index (χ1v) is 7.17. The number of aromatic nitrogens is 2. The SMILES string of the molecule is Nc1ncnc(N(CCO)C2CCCCC2)c1Br. The van der Waals surface area contributed by atoms with Crippen LogP contribution in [0.5, 0.6) is 0 Å². The van der Waals surface area contributed by atoms with E-state index in [1.54, 1.807) is 0 Å². The van der Waals surface area contributed by atoms with Gasteiger partial charge in [-0.3, -0.25) is 0 Å². The maximum Gasteiger partial charge on any atom is 0.148 e. The Labute approximate surface area is 116 Å². The zero-order valence-corrected chi connectivity index (χ0v) is 11.9. The number of rotatable bonds is 4. The average Bonchev–Trinajstić information content (AvgIpc) is 2.41. The Balaban J connectivity index is 2.25. The van der Waals surface area contributed by atoms with Gasteiger partial charge in [0.2, 0.25) is 0 Å². The fourth-order valence-corrected chi connectivity index (χ4v) is 2.97. The van der Waals surface area contributed by atoms with E-state index >= 15 is 0 Å². The van der Waals surface area contributed by atoms with E-state index in [9.17, 15) is 5.11 Å². The van der Waals surface area contributed by atoms with Crippen molar-refractivity contribution in [3.05, 3.63) is 10.8 Å². The van der Waals surface area contributed by atoms with E-state index in [2.05, 4.69) is 30.8 Å². The number of aliphatic hydroxyl groups is 1. The standard InChI is InChI=1S/C12H19BrN4O/c13-10-11(14)15-8-16-12(10)17(6-7-18)9-4-2-1-3-5-9/h8-9,18H,1-7H2,(H2,14,15,16). The van der Waals surface area contributed by atoms with Crippen LogP contribution < -0.4 is 10.6 Å². The molecule has 1 heterocycles. The van der Waals surface area contributed by atoms with E-state index in [4.69, 9.17) is 5.73 Å². The van der Waals surface area contributed by atoms with Gasteiger partial charge >= 0.3 is 0 Å². The fraction of sp³-hybridized carbons (Fsp3) is 0.667. The van der Waals surface area contributed by atoms with Crippen molar-refractivity contribution in [2.45, 2.75) is 38.1 Å². The molecule has 0 amide bonds. The first-order chi connectivity index (χ1) is 8.74. The number of nitrogen functional groups attached to an aromatic ring is 1. The summed E-state index contributed by atoms with van der Waals surface area (Å²) in [5, 5.41) is 9.26. The number of anilines is 2. The highest BCUT2D eigenvalue weighted by Gasteiger charge is 2.24. The van der Waals surface area contributed by atoms with Crippen LogP contribution in [-0.2, 0) is 0 Å². The molecule has 3 N–H and O–H groups in total. The number of nitrogens with zero attached hydrogens (tertiary/aromatic N) is 3. The molecule has 1 aliphatic carbocycles. The van der Waals surface area contributed by atoms with E-state index in [0.717, 1.165) is 23.1 Å². The van der Waals surface area contributed by atoms with Crippen LogP contribution in [0.4, 0.5) is 11.6 Å². The molecule has 0 saturated heterocycles. The van der Waals surface area contributed by atoms with Gasteiger partial charge in [-0.15, -0.1) is 0 Å². The van der Waals surface area contributed by atoms with Crippen molar-refractivity contribution >= 4 is 27.6 Å². The zero-order valence-electron chi connectivity index (χ0n) is 10.3. The molecule has 1 saturated carbocycles. The molecule has 0 atom stereocenters. The Morgan fingerprint density at radius 1 is 1.33 bits per heavy atom. The Kier molecular flexibility index (Phi) is 4.77. The molecule has 5 nitrogen and oxygen atoms in total. The second-order valence-corrected chi connectivity index (χ2v) is 5.40. The lowest BCUT2D eigenvalue weighted by atomic mass is 9.94. The molecule has 0 spiro atoms. The monoisotopic (exact) mass is 314 g/mol. The van der Waals surface area contributed by atoms with E-state index in [1.165, 1.54) is 25.6 Å². The number of nitrogens with two attached hydrogens (primary N) is 1. The van der Waals surface area contributed by atoms with Gasteiger partial charge in [-0.25, -0.2) is 9.97 Å². The van der Waals surface area contributed by atoms with Crippen LogP contribution in [0.1, 0.15) is 32.1 Å². The lowest BCUT2D eigenvalue weighted by molar-refractivity contribution is 0.289. The van der Waals surface area contributed by atoms with Crippen LogP contribution in [0.2, 0.25) is 0 Å². The summed E-state index contributed by atoms with van der Waals surface area (Å²) in [4.78, 5) is 10.4. The first kappa shape index (κ1) is 13.5. The van der Waals surface area contributed by atoms with Crippen LogP contribution in [0.25, 0.3) is 0 Å². The van der Waals surface area contributed by atoms with Crippen molar-refractivity contribution in [1.29, 1.82) is 0 Å². The summed E-state index contributed by atoms with van der Waals surface area (Å²) in [5.41, 5.74) is 5.80. The van der Waals surface area contributed by atoms with Crippen LogP contribution >= 0.6 is 15.9 Å². The zero-order chi connectivity index (χ0) is 13.0. The van der Waals surface area contributed by atoms with Crippen molar-refractivity contribution in [3.63, 3.8) is 0 Å². The molecule has 100 valence electrons. The third-order valence-electron chi connectivity index (χ3n) is 3.43. The second kappa shape index (κ2) is 6.33. The van der Waals surface area contributed by atoms with Crippen molar-refractivity contribution < 1.29 is 5.11 Å². The largest absolute Gasteiger partial charge is 0.395 e. The predicted molar refractivity (Wildman–Crippen MR) is 75.4 cm³/mol. The lowest BCUT2D eigenvalue weighted by Gasteiger charge is -2.35. The smallest absolute Gasteiger partial charge is 0.148 e. The van der Waals surface area contributed by atoms with Gasteiger partial charge in [-0.05, 0) is 28.8 Å². The predicted octanol–water partition coefficient (Wildman–Crippen LogP) is 1.95. The minimum Gasteiger partial charge on any atom is -0.395 e. The normalized spacial score (nSPS) is 16.8. The van der Waals surface area contributed by atoms with Gasteiger partial charge in [-0.1, -0.05) is 19.3 Å². The van der Waals surface area contributed by atoms with Gasteiger partial charge < -0.3 is 15.7 Å². The third kappa shape index (κ3) is 2.92. The summed E-state index contributed by atoms with van der Waals surface area (Å²) in [6.07, 6.45) is 7.56. The summed E-state index contributed by atoms with van der Waals surface area (Å²) < 4.78 is 0.726. The Morgan fingerprint density at radius 2 is 2.06 bits per heavy atom. The molecule has 6 heteroatoms. The Morgan fingerprint density at radius 3 is 2.72 bits per heavy atom. The summed E-state index contributed by atoms with van der Waals surface area (Å²) in [6.45, 7) is 0.701. The summed E-state index contributed by atoms with van der Waals surface area (Å²) in [7, 11) is 0. The second-order valence-electron chi connectivity index (χ2n) is 4.61. The summed E-state index contributed by atoms with van der Waals surface area (Å²) in [6, 6.07) is 0.441. The Bertz CT molecular complexity index is 396. The highest BCUT2D eigenvalue weighted by atomic mass is 79.9. The molecule has 0 bridgehead atoms. The maximum atomic E-state index is 9.26. The summed E-state index contributed by atoms with van der Waals surface area (Å²) >= 11 is 3.44. The molecule has 1 aromatic rings. The van der Waals surface area contributed by atoms with Crippen molar-refractivity contribution in [2.75, 3.05) is 23.8 Å². The van der Waals surface area contributed by atoms with Gasteiger partial charge in [0, 0.05) is 12.6 Å². The van der Waals surface area contributed by atoms with Crippen molar-refractivity contribution in [1.82, 2.24) is 9.97 Å². The van der Waals surface area contributed by atoms with Gasteiger partial charge in [0.1, 0.15) is 22.4 Å². The number of hydrogen-bond acceptors (Lipinski definition) is 5. The minimum atomic E-state index is 0.118. The van der Waals surface area contributed by atoms with Crippen LogP contribution in [-0.4, -0.2) is 34.3 Å². The maximum absolute atomic E-state index is 9.26. The van der Waals surface area contributed by atoms with Crippen molar-refractivity contribution in [3.8, 4) is 0 Å². The molecule has 1 fully saturated rings. The molecule has 0 radical (unpaired) electrons. The average molecular weight is 315 g/mol. The molecule has 18 heavy (non-hydrogen) atoms. The highest BCUT2D eigenvalue weighted by molar-refractivity contribution is 9.10. The molecule has 1 aromatic heterocycles. The molecular weight excluding hydrogens is 296 g/mol. The van der Waals surface area contributed by atoms with E-state index in [1.807, 2.05) is 0 Å². The van der Waals surface area contributed by atoms with Crippen LogP contribution in [0.3, 0.4) is 0 Å².